The van der Waals surface area contributed by atoms with E-state index in [0.29, 0.717) is 16.1 Å². The summed E-state index contributed by atoms with van der Waals surface area (Å²) in [6.45, 7) is 10.0. The molecule has 1 unspecified atom stereocenters. The van der Waals surface area contributed by atoms with E-state index in [2.05, 4.69) is 36.0 Å². The Kier molecular flexibility index (Phi) is 6.94. The van der Waals surface area contributed by atoms with Crippen molar-refractivity contribution in [1.29, 1.82) is 0 Å². The summed E-state index contributed by atoms with van der Waals surface area (Å²) in [6, 6.07) is 6.01. The minimum atomic E-state index is 0.383. The Labute approximate surface area is 149 Å². The van der Waals surface area contributed by atoms with E-state index < -0.39 is 0 Å². The second-order valence-electron chi connectivity index (χ2n) is 5.86. The first-order valence-corrected chi connectivity index (χ1v) is 9.03. The number of nitrogens with one attached hydrogen (secondary N) is 1. The first kappa shape index (κ1) is 18.3. The molecule has 0 fully saturated rings. The number of rotatable bonds is 8. The van der Waals surface area contributed by atoms with Gasteiger partial charge in [-0.2, -0.15) is 0 Å². The molecule has 0 spiro atoms. The summed E-state index contributed by atoms with van der Waals surface area (Å²) in [5, 5.41) is 5.77. The Bertz CT molecular complexity index is 641. The maximum atomic E-state index is 6.24. The molecule has 0 saturated heterocycles. The Morgan fingerprint density at radius 3 is 2.65 bits per heavy atom. The summed E-state index contributed by atoms with van der Waals surface area (Å²) < 4.78 is 0. The highest BCUT2D eigenvalue weighted by molar-refractivity contribution is 6.38. The zero-order valence-electron chi connectivity index (χ0n) is 14.1. The van der Waals surface area contributed by atoms with Crippen LogP contribution in [0.5, 0.6) is 0 Å². The number of hydrogen-bond acceptors (Lipinski definition) is 3. The molecule has 1 aromatic heterocycles. The molecular weight excluding hydrogens is 329 g/mol. The fraction of sp³-hybridized carbons (Fsp3) is 0.500. The van der Waals surface area contributed by atoms with Gasteiger partial charge in [-0.3, -0.25) is 4.98 Å². The van der Waals surface area contributed by atoms with Crippen LogP contribution in [-0.4, -0.2) is 35.6 Å². The number of benzene rings is 1. The van der Waals surface area contributed by atoms with Crippen LogP contribution in [0.2, 0.25) is 10.0 Å². The van der Waals surface area contributed by atoms with E-state index in [0.717, 1.165) is 42.6 Å². The van der Waals surface area contributed by atoms with E-state index in [1.54, 1.807) is 12.3 Å². The van der Waals surface area contributed by atoms with Crippen LogP contribution in [0.4, 0.5) is 5.69 Å². The highest BCUT2D eigenvalue weighted by Crippen LogP contribution is 2.31. The Morgan fingerprint density at radius 1 is 1.22 bits per heavy atom. The number of aromatic nitrogens is 1. The van der Waals surface area contributed by atoms with E-state index in [4.69, 9.17) is 23.2 Å². The number of halogens is 2. The SMILES string of the molecule is CCN(CC)CCCC(C)Nc1ccnc2c(Cl)cc(Cl)cc12. The number of pyridine rings is 1. The maximum absolute atomic E-state index is 6.24. The second-order valence-corrected chi connectivity index (χ2v) is 6.70. The molecule has 1 N–H and O–H groups in total. The molecular formula is C18H25Cl2N3. The lowest BCUT2D eigenvalue weighted by Gasteiger charge is -2.21. The summed E-state index contributed by atoms with van der Waals surface area (Å²) in [7, 11) is 0. The second kappa shape index (κ2) is 8.72. The van der Waals surface area contributed by atoms with Gasteiger partial charge in [-0.1, -0.05) is 37.0 Å². The molecule has 5 heteroatoms. The molecule has 0 aliphatic carbocycles. The number of hydrogen-bond donors (Lipinski definition) is 1. The van der Waals surface area contributed by atoms with Crippen molar-refractivity contribution in [2.24, 2.45) is 0 Å². The van der Waals surface area contributed by atoms with Gasteiger partial charge in [0.1, 0.15) is 0 Å². The third kappa shape index (κ3) is 4.97. The van der Waals surface area contributed by atoms with Gasteiger partial charge in [0.2, 0.25) is 0 Å². The van der Waals surface area contributed by atoms with Gasteiger partial charge >= 0.3 is 0 Å². The van der Waals surface area contributed by atoms with Crippen LogP contribution in [0.25, 0.3) is 10.9 Å². The molecule has 0 bridgehead atoms. The molecule has 1 aromatic carbocycles. The molecule has 2 rings (SSSR count). The Morgan fingerprint density at radius 2 is 1.96 bits per heavy atom. The third-order valence-corrected chi connectivity index (χ3v) is 4.68. The molecule has 0 amide bonds. The van der Waals surface area contributed by atoms with Crippen LogP contribution in [0.15, 0.2) is 24.4 Å². The van der Waals surface area contributed by atoms with Gasteiger partial charge in [0, 0.05) is 28.3 Å². The molecule has 23 heavy (non-hydrogen) atoms. The van der Waals surface area contributed by atoms with Gasteiger partial charge in [-0.05, 0) is 57.6 Å². The van der Waals surface area contributed by atoms with Crippen LogP contribution >= 0.6 is 23.2 Å². The van der Waals surface area contributed by atoms with E-state index in [1.165, 1.54) is 6.42 Å². The minimum Gasteiger partial charge on any atom is -0.382 e. The smallest absolute Gasteiger partial charge is 0.0909 e. The zero-order chi connectivity index (χ0) is 16.8. The molecule has 3 nitrogen and oxygen atoms in total. The summed E-state index contributed by atoms with van der Waals surface area (Å²) in [5.41, 5.74) is 1.83. The number of nitrogens with zero attached hydrogens (tertiary/aromatic N) is 2. The molecule has 126 valence electrons. The lowest BCUT2D eigenvalue weighted by molar-refractivity contribution is 0.295. The molecule has 1 atom stereocenters. The topological polar surface area (TPSA) is 28.2 Å². The Balaban J connectivity index is 2.04. The minimum absolute atomic E-state index is 0.383. The van der Waals surface area contributed by atoms with Crippen LogP contribution in [0.1, 0.15) is 33.6 Å². The lowest BCUT2D eigenvalue weighted by atomic mass is 10.1. The van der Waals surface area contributed by atoms with Crippen molar-refractivity contribution in [1.82, 2.24) is 9.88 Å². The Hall–Kier alpha value is -1.03. The summed E-state index contributed by atoms with van der Waals surface area (Å²) >= 11 is 12.4. The van der Waals surface area contributed by atoms with Gasteiger partial charge in [0.15, 0.2) is 0 Å². The fourth-order valence-corrected chi connectivity index (χ4v) is 3.35. The van der Waals surface area contributed by atoms with Crippen LogP contribution in [0, 0.1) is 0 Å². The van der Waals surface area contributed by atoms with Gasteiger partial charge in [0.25, 0.3) is 0 Å². The van der Waals surface area contributed by atoms with Crippen molar-refractivity contribution >= 4 is 39.8 Å². The van der Waals surface area contributed by atoms with Crippen LogP contribution < -0.4 is 5.32 Å². The molecule has 0 saturated carbocycles. The maximum Gasteiger partial charge on any atom is 0.0909 e. The van der Waals surface area contributed by atoms with Crippen molar-refractivity contribution in [3.8, 4) is 0 Å². The van der Waals surface area contributed by atoms with Crippen molar-refractivity contribution in [2.45, 2.75) is 39.7 Å². The summed E-state index contributed by atoms with van der Waals surface area (Å²) in [5.74, 6) is 0. The highest BCUT2D eigenvalue weighted by Gasteiger charge is 2.10. The van der Waals surface area contributed by atoms with Gasteiger partial charge < -0.3 is 10.2 Å². The lowest BCUT2D eigenvalue weighted by Crippen LogP contribution is -2.25. The van der Waals surface area contributed by atoms with Gasteiger partial charge in [0.05, 0.1) is 10.5 Å². The number of anilines is 1. The normalized spacial score (nSPS) is 12.8. The van der Waals surface area contributed by atoms with Crippen molar-refractivity contribution in [2.75, 3.05) is 25.0 Å². The summed E-state index contributed by atoms with van der Waals surface area (Å²) in [6.07, 6.45) is 4.09. The fourth-order valence-electron chi connectivity index (χ4n) is 2.80. The monoisotopic (exact) mass is 353 g/mol. The van der Waals surface area contributed by atoms with Gasteiger partial charge in [-0.15, -0.1) is 0 Å². The third-order valence-electron chi connectivity index (χ3n) is 4.17. The zero-order valence-corrected chi connectivity index (χ0v) is 15.6. The van der Waals surface area contributed by atoms with Crippen LogP contribution in [0.3, 0.4) is 0 Å². The average Bonchev–Trinajstić information content (AvgIpc) is 2.52. The highest BCUT2D eigenvalue weighted by atomic mass is 35.5. The predicted octanol–water partition coefficient (Wildman–Crippen LogP) is 5.46. The molecule has 1 heterocycles. The van der Waals surface area contributed by atoms with Crippen molar-refractivity contribution in [3.05, 3.63) is 34.4 Å². The average molecular weight is 354 g/mol. The standard InChI is InChI=1S/C18H25Cl2N3/c1-4-23(5-2)10-6-7-13(3)22-17-8-9-21-18-15(17)11-14(19)12-16(18)20/h8-9,11-13H,4-7,10H2,1-3H3,(H,21,22). The molecule has 0 aliphatic rings. The van der Waals surface area contributed by atoms with Crippen molar-refractivity contribution < 1.29 is 0 Å². The summed E-state index contributed by atoms with van der Waals surface area (Å²) in [4.78, 5) is 6.81. The van der Waals surface area contributed by atoms with E-state index in [-0.39, 0.29) is 0 Å². The quantitative estimate of drug-likeness (QED) is 0.682. The van der Waals surface area contributed by atoms with Crippen LogP contribution in [-0.2, 0) is 0 Å². The van der Waals surface area contributed by atoms with E-state index in [1.807, 2.05) is 12.1 Å². The molecule has 2 aromatic rings. The first-order chi connectivity index (χ1) is 11.0. The number of fused-ring (bicyclic) bond motifs is 1. The largest absolute Gasteiger partial charge is 0.382 e. The molecule has 0 aliphatic heterocycles. The van der Waals surface area contributed by atoms with E-state index >= 15 is 0 Å². The van der Waals surface area contributed by atoms with E-state index in [9.17, 15) is 0 Å². The molecule has 0 radical (unpaired) electrons. The van der Waals surface area contributed by atoms with Gasteiger partial charge in [-0.25, -0.2) is 0 Å². The first-order valence-electron chi connectivity index (χ1n) is 8.27. The van der Waals surface area contributed by atoms with Crippen molar-refractivity contribution in [3.63, 3.8) is 0 Å². The predicted molar refractivity (Wildman–Crippen MR) is 102 cm³/mol.